The highest BCUT2D eigenvalue weighted by Crippen LogP contribution is 2.46. The van der Waals surface area contributed by atoms with Crippen molar-refractivity contribution < 1.29 is 19.0 Å². The summed E-state index contributed by atoms with van der Waals surface area (Å²) in [6.45, 7) is 4.65. The Morgan fingerprint density at radius 3 is 2.66 bits per heavy atom. The zero-order valence-electron chi connectivity index (χ0n) is 20.0. The molecule has 0 bridgehead atoms. The van der Waals surface area contributed by atoms with Crippen LogP contribution in [-0.4, -0.2) is 42.7 Å². The molecule has 0 radical (unpaired) electrons. The Hall–Kier alpha value is -2.90. The number of carboxylic acid groups (broad SMARTS) is 1. The Labute approximate surface area is 209 Å². The molecule has 0 unspecified atom stereocenters. The fraction of sp³-hybridized carbons (Fsp3) is 0.393. The first kappa shape index (κ1) is 23.8. The third-order valence-electron chi connectivity index (χ3n) is 7.35. The SMILES string of the molecule is CN1CC2(CCN(Cc3ccc(COc4ccc(CCC(=O)O)c(F)c4)s3)CC2)c2ccccc21. The van der Waals surface area contributed by atoms with Crippen LogP contribution in [0.5, 0.6) is 5.75 Å². The van der Waals surface area contributed by atoms with E-state index in [4.69, 9.17) is 9.84 Å². The number of aliphatic carboxylic acids is 1. The summed E-state index contributed by atoms with van der Waals surface area (Å²) >= 11 is 1.74. The number of para-hydroxylation sites is 1. The average molecular weight is 495 g/mol. The highest BCUT2D eigenvalue weighted by molar-refractivity contribution is 7.11. The van der Waals surface area contributed by atoms with Crippen molar-refractivity contribution in [1.82, 2.24) is 4.90 Å². The average Bonchev–Trinajstić information content (AvgIpc) is 3.41. The molecule has 1 spiro atoms. The highest BCUT2D eigenvalue weighted by atomic mass is 32.1. The van der Waals surface area contributed by atoms with E-state index in [1.165, 1.54) is 35.0 Å². The Bertz CT molecular complexity index is 1200. The van der Waals surface area contributed by atoms with Crippen LogP contribution in [0.3, 0.4) is 0 Å². The molecule has 3 aromatic rings. The van der Waals surface area contributed by atoms with Crippen molar-refractivity contribution >= 4 is 23.0 Å². The maximum absolute atomic E-state index is 14.2. The molecule has 35 heavy (non-hydrogen) atoms. The number of aryl methyl sites for hydroxylation is 1. The summed E-state index contributed by atoms with van der Waals surface area (Å²) < 4.78 is 20.0. The summed E-state index contributed by atoms with van der Waals surface area (Å²) in [5.74, 6) is -0.895. The van der Waals surface area contributed by atoms with Crippen molar-refractivity contribution in [3.63, 3.8) is 0 Å². The molecule has 2 aliphatic rings. The van der Waals surface area contributed by atoms with Crippen LogP contribution >= 0.6 is 11.3 Å². The first-order valence-electron chi connectivity index (χ1n) is 12.2. The predicted octanol–water partition coefficient (Wildman–Crippen LogP) is 5.47. The molecular weight excluding hydrogens is 463 g/mol. The lowest BCUT2D eigenvalue weighted by Gasteiger charge is -2.39. The predicted molar refractivity (Wildman–Crippen MR) is 137 cm³/mol. The van der Waals surface area contributed by atoms with Gasteiger partial charge in [-0.05, 0) is 67.7 Å². The number of likely N-dealkylation sites (tertiary alicyclic amines) is 1. The fourth-order valence-corrected chi connectivity index (χ4v) is 6.44. The first-order chi connectivity index (χ1) is 16.9. The van der Waals surface area contributed by atoms with Crippen molar-refractivity contribution in [2.45, 2.75) is 44.2 Å². The largest absolute Gasteiger partial charge is 0.488 e. The number of piperidine rings is 1. The molecule has 2 aromatic carbocycles. The van der Waals surface area contributed by atoms with E-state index in [-0.39, 0.29) is 18.3 Å². The van der Waals surface area contributed by atoms with Crippen LogP contribution in [-0.2, 0) is 29.8 Å². The first-order valence-corrected chi connectivity index (χ1v) is 13.0. The van der Waals surface area contributed by atoms with Crippen molar-refractivity contribution in [2.24, 2.45) is 0 Å². The molecule has 5 rings (SSSR count). The number of anilines is 1. The molecule has 0 aliphatic carbocycles. The monoisotopic (exact) mass is 494 g/mol. The van der Waals surface area contributed by atoms with Gasteiger partial charge in [0.1, 0.15) is 18.2 Å². The number of halogens is 1. The minimum atomic E-state index is -0.932. The molecular formula is C28H31FN2O3S. The van der Waals surface area contributed by atoms with E-state index in [9.17, 15) is 9.18 Å². The number of likely N-dealkylation sites (N-methyl/N-ethyl adjacent to an activating group) is 1. The summed E-state index contributed by atoms with van der Waals surface area (Å²) in [4.78, 5) is 18.1. The maximum atomic E-state index is 14.2. The van der Waals surface area contributed by atoms with Gasteiger partial charge in [-0.25, -0.2) is 4.39 Å². The van der Waals surface area contributed by atoms with E-state index < -0.39 is 11.8 Å². The quantitative estimate of drug-likeness (QED) is 0.450. The number of ether oxygens (including phenoxy) is 1. The number of hydrogen-bond donors (Lipinski definition) is 1. The number of carboxylic acids is 1. The van der Waals surface area contributed by atoms with Crippen LogP contribution in [0.2, 0.25) is 0 Å². The Kier molecular flexibility index (Phi) is 6.80. The zero-order valence-corrected chi connectivity index (χ0v) is 20.8. The molecule has 2 aliphatic heterocycles. The number of fused-ring (bicyclic) bond motifs is 2. The lowest BCUT2D eigenvalue weighted by molar-refractivity contribution is -0.136. The van der Waals surface area contributed by atoms with E-state index in [0.29, 0.717) is 17.9 Å². The molecule has 0 saturated carbocycles. The van der Waals surface area contributed by atoms with Gasteiger partial charge in [0.05, 0.1) is 0 Å². The van der Waals surface area contributed by atoms with E-state index in [1.807, 2.05) is 0 Å². The molecule has 184 valence electrons. The molecule has 1 N–H and O–H groups in total. The lowest BCUT2D eigenvalue weighted by Crippen LogP contribution is -2.44. The van der Waals surface area contributed by atoms with Crippen molar-refractivity contribution in [1.29, 1.82) is 0 Å². The molecule has 5 nitrogen and oxygen atoms in total. The number of nitrogens with zero attached hydrogens (tertiary/aromatic N) is 2. The standard InChI is InChI=1S/C28H31FN2O3S/c1-30-19-28(24-4-2-3-5-26(24)30)12-14-31(15-13-28)17-22-9-10-23(35-22)18-34-21-8-6-20(25(29)16-21)7-11-27(32)33/h2-6,8-10,16H,7,11-15,17-19H2,1H3,(H,32,33). The Balaban J connectivity index is 1.13. The minimum Gasteiger partial charge on any atom is -0.488 e. The summed E-state index contributed by atoms with van der Waals surface area (Å²) in [6.07, 6.45) is 2.46. The topological polar surface area (TPSA) is 53.0 Å². The van der Waals surface area contributed by atoms with Crippen LogP contribution in [0.1, 0.15) is 40.1 Å². The van der Waals surface area contributed by atoms with E-state index in [1.54, 1.807) is 23.5 Å². The lowest BCUT2D eigenvalue weighted by atomic mass is 9.74. The van der Waals surface area contributed by atoms with Crippen LogP contribution in [0, 0.1) is 5.82 Å². The second-order valence-electron chi connectivity index (χ2n) is 9.73. The summed E-state index contributed by atoms with van der Waals surface area (Å²) in [7, 11) is 2.21. The number of carbonyl (C=O) groups is 1. The molecule has 1 saturated heterocycles. The van der Waals surface area contributed by atoms with Crippen LogP contribution in [0.15, 0.2) is 54.6 Å². The normalized spacial score (nSPS) is 17.0. The zero-order chi connectivity index (χ0) is 24.4. The van der Waals surface area contributed by atoms with E-state index >= 15 is 0 Å². The summed E-state index contributed by atoms with van der Waals surface area (Å²) in [5, 5.41) is 8.78. The van der Waals surface area contributed by atoms with Gasteiger partial charge in [0.2, 0.25) is 0 Å². The van der Waals surface area contributed by atoms with Crippen molar-refractivity contribution in [3.8, 4) is 5.75 Å². The van der Waals surface area contributed by atoms with Gasteiger partial charge in [-0.1, -0.05) is 24.3 Å². The van der Waals surface area contributed by atoms with E-state index in [2.05, 4.69) is 53.2 Å². The van der Waals surface area contributed by atoms with Gasteiger partial charge in [-0.15, -0.1) is 11.3 Å². The summed E-state index contributed by atoms with van der Waals surface area (Å²) in [6, 6.07) is 17.8. The third kappa shape index (κ3) is 5.21. The number of hydrogen-bond acceptors (Lipinski definition) is 5. The number of rotatable bonds is 8. The minimum absolute atomic E-state index is 0.0859. The van der Waals surface area contributed by atoms with Crippen molar-refractivity contribution in [3.05, 3.63) is 81.3 Å². The third-order valence-corrected chi connectivity index (χ3v) is 8.39. The Morgan fingerprint density at radius 1 is 1.11 bits per heavy atom. The summed E-state index contributed by atoms with van der Waals surface area (Å²) in [5.41, 5.74) is 3.59. The highest BCUT2D eigenvalue weighted by Gasteiger charge is 2.43. The van der Waals surface area contributed by atoms with Gasteiger partial charge >= 0.3 is 5.97 Å². The van der Waals surface area contributed by atoms with Crippen LogP contribution < -0.4 is 9.64 Å². The smallest absolute Gasteiger partial charge is 0.303 e. The van der Waals surface area contributed by atoms with Gasteiger partial charge in [0.15, 0.2) is 0 Å². The number of thiophene rings is 1. The molecule has 1 fully saturated rings. The second-order valence-corrected chi connectivity index (χ2v) is 11.0. The van der Waals surface area contributed by atoms with Gasteiger partial charge in [-0.3, -0.25) is 9.69 Å². The van der Waals surface area contributed by atoms with Crippen molar-refractivity contribution in [2.75, 3.05) is 31.6 Å². The van der Waals surface area contributed by atoms with Gasteiger partial charge in [-0.2, -0.15) is 0 Å². The van der Waals surface area contributed by atoms with E-state index in [0.717, 1.165) is 31.1 Å². The Morgan fingerprint density at radius 2 is 1.89 bits per heavy atom. The second kappa shape index (κ2) is 9.99. The molecule has 0 amide bonds. The molecule has 3 heterocycles. The molecule has 7 heteroatoms. The molecule has 0 atom stereocenters. The van der Waals surface area contributed by atoms with Gasteiger partial charge in [0.25, 0.3) is 0 Å². The van der Waals surface area contributed by atoms with Crippen LogP contribution in [0.4, 0.5) is 10.1 Å². The fourth-order valence-electron chi connectivity index (χ4n) is 5.47. The molecule has 1 aromatic heterocycles. The maximum Gasteiger partial charge on any atom is 0.303 e. The number of benzene rings is 2. The van der Waals surface area contributed by atoms with Gasteiger partial charge in [0, 0.05) is 53.5 Å². The van der Waals surface area contributed by atoms with Gasteiger partial charge < -0.3 is 14.7 Å². The van der Waals surface area contributed by atoms with Crippen LogP contribution in [0.25, 0.3) is 0 Å².